The number of rotatable bonds is 6. The Hall–Kier alpha value is -3.49. The molecule has 1 aromatic carbocycles. The molecule has 30 heavy (non-hydrogen) atoms. The molecule has 4 rings (SSSR count). The molecule has 0 unspecified atom stereocenters. The van der Waals surface area contributed by atoms with E-state index in [2.05, 4.69) is 10.3 Å². The fourth-order valence-electron chi connectivity index (χ4n) is 3.44. The summed E-state index contributed by atoms with van der Waals surface area (Å²) in [6.07, 6.45) is 3.21. The van der Waals surface area contributed by atoms with Gasteiger partial charge in [0.2, 0.25) is 5.91 Å². The van der Waals surface area contributed by atoms with Crippen molar-refractivity contribution in [2.75, 3.05) is 31.1 Å². The van der Waals surface area contributed by atoms with Crippen molar-refractivity contribution in [3.63, 3.8) is 0 Å². The van der Waals surface area contributed by atoms with E-state index in [1.54, 1.807) is 23.1 Å². The van der Waals surface area contributed by atoms with Crippen LogP contribution in [0.25, 0.3) is 0 Å². The van der Waals surface area contributed by atoms with Gasteiger partial charge in [0.05, 0.1) is 4.92 Å². The van der Waals surface area contributed by atoms with E-state index in [4.69, 9.17) is 0 Å². The average Bonchev–Trinajstić information content (AvgIpc) is 3.63. The highest BCUT2D eigenvalue weighted by molar-refractivity contribution is 5.94. The molecule has 0 radical (unpaired) electrons. The Bertz CT molecular complexity index is 933. The molecular weight excluding hydrogens is 386 g/mol. The number of hydrogen-bond donors (Lipinski definition) is 1. The van der Waals surface area contributed by atoms with E-state index < -0.39 is 4.92 Å². The first-order valence-corrected chi connectivity index (χ1v) is 10.0. The first-order chi connectivity index (χ1) is 14.5. The minimum Gasteiger partial charge on any atom is -0.353 e. The molecule has 2 fully saturated rings. The lowest BCUT2D eigenvalue weighted by Gasteiger charge is -2.35. The van der Waals surface area contributed by atoms with Crippen LogP contribution in [0.4, 0.5) is 11.5 Å². The molecular formula is C21H23N5O4. The summed E-state index contributed by atoms with van der Waals surface area (Å²) in [6.45, 7) is 2.81. The lowest BCUT2D eigenvalue weighted by Crippen LogP contribution is -2.49. The SMILES string of the molecule is O=C(NCc1ccc(C(=O)N2CCN(c3ccc([N+](=O)[O-])cn3)CC2)cc1)C1CC1. The van der Waals surface area contributed by atoms with Crippen LogP contribution in [0.2, 0.25) is 0 Å². The van der Waals surface area contributed by atoms with Crippen LogP contribution >= 0.6 is 0 Å². The average molecular weight is 409 g/mol. The van der Waals surface area contributed by atoms with Gasteiger partial charge in [-0.15, -0.1) is 0 Å². The normalized spacial score (nSPS) is 16.3. The molecule has 0 spiro atoms. The van der Waals surface area contributed by atoms with E-state index in [1.807, 2.05) is 17.0 Å². The molecule has 9 nitrogen and oxygen atoms in total. The summed E-state index contributed by atoms with van der Waals surface area (Å²) in [5.74, 6) is 0.937. The van der Waals surface area contributed by atoms with Crippen molar-refractivity contribution < 1.29 is 14.5 Å². The smallest absolute Gasteiger partial charge is 0.287 e. The second-order valence-electron chi connectivity index (χ2n) is 7.60. The summed E-state index contributed by atoms with van der Waals surface area (Å²) >= 11 is 0. The number of benzene rings is 1. The number of nitrogens with one attached hydrogen (secondary N) is 1. The van der Waals surface area contributed by atoms with Crippen LogP contribution < -0.4 is 10.2 Å². The quantitative estimate of drug-likeness (QED) is 0.577. The summed E-state index contributed by atoms with van der Waals surface area (Å²) in [5, 5.41) is 13.7. The molecule has 0 bridgehead atoms. The molecule has 1 aliphatic heterocycles. The number of pyridine rings is 1. The summed E-state index contributed by atoms with van der Waals surface area (Å²) in [6, 6.07) is 10.4. The second-order valence-corrected chi connectivity index (χ2v) is 7.60. The van der Waals surface area contributed by atoms with Crippen LogP contribution in [0.1, 0.15) is 28.8 Å². The van der Waals surface area contributed by atoms with E-state index in [-0.39, 0.29) is 23.4 Å². The predicted octanol–water partition coefficient (Wildman–Crippen LogP) is 1.98. The molecule has 156 valence electrons. The van der Waals surface area contributed by atoms with E-state index in [0.29, 0.717) is 44.1 Å². The third-order valence-corrected chi connectivity index (χ3v) is 5.45. The molecule has 2 aromatic rings. The summed E-state index contributed by atoms with van der Waals surface area (Å²) < 4.78 is 0. The molecule has 2 aliphatic rings. The van der Waals surface area contributed by atoms with Crippen LogP contribution in [0.5, 0.6) is 0 Å². The van der Waals surface area contributed by atoms with Gasteiger partial charge in [0.1, 0.15) is 12.0 Å². The number of carbonyl (C=O) groups excluding carboxylic acids is 2. The second kappa shape index (κ2) is 8.48. The molecule has 1 saturated heterocycles. The third-order valence-electron chi connectivity index (χ3n) is 5.45. The van der Waals surface area contributed by atoms with Gasteiger partial charge in [-0.05, 0) is 36.6 Å². The number of nitro groups is 1. The summed E-state index contributed by atoms with van der Waals surface area (Å²) in [5.41, 5.74) is 1.55. The van der Waals surface area contributed by atoms with Crippen LogP contribution in [-0.2, 0) is 11.3 Å². The number of piperazine rings is 1. The van der Waals surface area contributed by atoms with Gasteiger partial charge in [0.25, 0.3) is 11.6 Å². The first-order valence-electron chi connectivity index (χ1n) is 10.0. The number of amides is 2. The van der Waals surface area contributed by atoms with E-state index in [1.165, 1.54) is 12.3 Å². The van der Waals surface area contributed by atoms with Crippen molar-refractivity contribution >= 4 is 23.3 Å². The summed E-state index contributed by atoms with van der Waals surface area (Å²) in [4.78, 5) is 42.8. The van der Waals surface area contributed by atoms with Crippen LogP contribution in [-0.4, -0.2) is 52.8 Å². The molecule has 2 heterocycles. The zero-order valence-electron chi connectivity index (χ0n) is 16.5. The Kier molecular flexibility index (Phi) is 5.60. The molecule has 9 heteroatoms. The Morgan fingerprint density at radius 2 is 1.77 bits per heavy atom. The highest BCUT2D eigenvalue weighted by Gasteiger charge is 2.29. The zero-order valence-corrected chi connectivity index (χ0v) is 16.5. The van der Waals surface area contributed by atoms with Crippen molar-refractivity contribution in [2.24, 2.45) is 5.92 Å². The minimum absolute atomic E-state index is 0.0279. The van der Waals surface area contributed by atoms with Crippen molar-refractivity contribution in [1.82, 2.24) is 15.2 Å². The number of hydrogen-bond acceptors (Lipinski definition) is 6. The molecule has 1 N–H and O–H groups in total. The fourth-order valence-corrected chi connectivity index (χ4v) is 3.44. The molecule has 0 atom stereocenters. The standard InChI is InChI=1S/C21H23N5O4/c27-20(16-5-6-16)23-13-15-1-3-17(4-2-15)21(28)25-11-9-24(10-12-25)19-8-7-18(14-22-19)26(29)30/h1-4,7-8,14,16H,5-6,9-13H2,(H,23,27). The van der Waals surface area contributed by atoms with Crippen LogP contribution in [0.15, 0.2) is 42.6 Å². The Morgan fingerprint density at radius 1 is 1.07 bits per heavy atom. The molecule has 1 saturated carbocycles. The van der Waals surface area contributed by atoms with Gasteiger partial charge in [-0.25, -0.2) is 4.98 Å². The minimum atomic E-state index is -0.473. The fraction of sp³-hybridized carbons (Fsp3) is 0.381. The monoisotopic (exact) mass is 409 g/mol. The van der Waals surface area contributed by atoms with Crippen LogP contribution in [0.3, 0.4) is 0 Å². The van der Waals surface area contributed by atoms with Gasteiger partial charge in [0.15, 0.2) is 0 Å². The van der Waals surface area contributed by atoms with Gasteiger partial charge in [-0.2, -0.15) is 0 Å². The first kappa shape index (κ1) is 19.8. The van der Waals surface area contributed by atoms with Gasteiger partial charge in [0, 0.05) is 50.3 Å². The topological polar surface area (TPSA) is 109 Å². The van der Waals surface area contributed by atoms with Gasteiger partial charge < -0.3 is 15.1 Å². The zero-order chi connectivity index (χ0) is 21.1. The van der Waals surface area contributed by atoms with Gasteiger partial charge in [-0.1, -0.05) is 12.1 Å². The maximum atomic E-state index is 12.8. The third kappa shape index (κ3) is 4.56. The van der Waals surface area contributed by atoms with Crippen LogP contribution in [0, 0.1) is 16.0 Å². The number of anilines is 1. The van der Waals surface area contributed by atoms with Crippen molar-refractivity contribution in [1.29, 1.82) is 0 Å². The van der Waals surface area contributed by atoms with Crippen molar-refractivity contribution in [3.8, 4) is 0 Å². The van der Waals surface area contributed by atoms with E-state index in [0.717, 1.165) is 18.4 Å². The number of aromatic nitrogens is 1. The lowest BCUT2D eigenvalue weighted by molar-refractivity contribution is -0.385. The maximum Gasteiger partial charge on any atom is 0.287 e. The van der Waals surface area contributed by atoms with E-state index in [9.17, 15) is 19.7 Å². The highest BCUT2D eigenvalue weighted by atomic mass is 16.6. The lowest BCUT2D eigenvalue weighted by atomic mass is 10.1. The Morgan fingerprint density at radius 3 is 2.33 bits per heavy atom. The van der Waals surface area contributed by atoms with Gasteiger partial charge in [-0.3, -0.25) is 19.7 Å². The number of nitrogens with zero attached hydrogens (tertiary/aromatic N) is 4. The molecule has 1 aliphatic carbocycles. The Labute approximate surface area is 173 Å². The molecule has 1 aromatic heterocycles. The maximum absolute atomic E-state index is 12.8. The van der Waals surface area contributed by atoms with Crippen molar-refractivity contribution in [3.05, 3.63) is 63.8 Å². The number of carbonyl (C=O) groups is 2. The summed E-state index contributed by atoms with van der Waals surface area (Å²) in [7, 11) is 0. The molecule has 2 amide bonds. The Balaban J connectivity index is 1.29. The van der Waals surface area contributed by atoms with Crippen molar-refractivity contribution in [2.45, 2.75) is 19.4 Å². The highest BCUT2D eigenvalue weighted by Crippen LogP contribution is 2.28. The predicted molar refractivity (Wildman–Crippen MR) is 110 cm³/mol. The van der Waals surface area contributed by atoms with Gasteiger partial charge >= 0.3 is 0 Å². The van der Waals surface area contributed by atoms with E-state index >= 15 is 0 Å². The largest absolute Gasteiger partial charge is 0.353 e.